The van der Waals surface area contributed by atoms with Gasteiger partial charge in [-0.05, 0) is 61.5 Å². The van der Waals surface area contributed by atoms with Crippen molar-refractivity contribution >= 4 is 21.8 Å². The Bertz CT molecular complexity index is 2610. The second kappa shape index (κ2) is 7.73. The number of para-hydroxylation sites is 1. The number of hydrogen-bond donors (Lipinski definition) is 0. The van der Waals surface area contributed by atoms with Crippen LogP contribution in [0.4, 0.5) is 0 Å². The Labute approximate surface area is 256 Å². The number of nitrogens with zero attached hydrogens (tertiary/aromatic N) is 6. The van der Waals surface area contributed by atoms with Crippen LogP contribution in [0.5, 0.6) is 11.5 Å². The number of aryl methyl sites for hydroxylation is 2. The van der Waals surface area contributed by atoms with Crippen molar-refractivity contribution in [2.24, 2.45) is 0 Å². The average molecular weight is 585 g/mol. The van der Waals surface area contributed by atoms with E-state index < -0.39 is 5.66 Å². The van der Waals surface area contributed by atoms with E-state index in [9.17, 15) is 0 Å². The lowest BCUT2D eigenvalue weighted by atomic mass is 9.83. The van der Waals surface area contributed by atoms with Gasteiger partial charge in [0.15, 0.2) is 11.1 Å². The van der Waals surface area contributed by atoms with Crippen LogP contribution in [-0.2, 0) is 5.66 Å². The molecule has 7 heterocycles. The molecule has 0 amide bonds. The third kappa shape index (κ3) is 2.58. The van der Waals surface area contributed by atoms with E-state index in [0.717, 1.165) is 56.6 Å². The first-order chi connectivity index (χ1) is 22.1. The van der Waals surface area contributed by atoms with Crippen molar-refractivity contribution in [2.45, 2.75) is 19.5 Å². The highest BCUT2D eigenvalue weighted by atomic mass is 16.5. The van der Waals surface area contributed by atoms with Crippen LogP contribution >= 0.6 is 0 Å². The Hall–Kier alpha value is -6.02. The highest BCUT2D eigenvalue weighted by Crippen LogP contribution is 2.56. The molecule has 1 atom stereocenters. The summed E-state index contributed by atoms with van der Waals surface area (Å²) in [5.41, 5.74) is 8.85. The summed E-state index contributed by atoms with van der Waals surface area (Å²) in [6, 6.07) is 35.8. The first-order valence-electron chi connectivity index (χ1n) is 15.1. The smallest absolute Gasteiger partial charge is 0.397 e. The molecule has 4 aromatic carbocycles. The molecule has 8 heteroatoms. The molecule has 4 aromatic heterocycles. The second-order valence-corrected chi connectivity index (χ2v) is 12.1. The number of fused-ring (bicyclic) bond motifs is 7. The van der Waals surface area contributed by atoms with Gasteiger partial charge in [0, 0.05) is 41.0 Å². The summed E-state index contributed by atoms with van der Waals surface area (Å²) in [6.07, 6.45) is 2.21. The zero-order valence-electron chi connectivity index (χ0n) is 24.4. The van der Waals surface area contributed by atoms with Gasteiger partial charge in [-0.25, -0.2) is 0 Å². The van der Waals surface area contributed by atoms with Gasteiger partial charge in [0.25, 0.3) is 5.82 Å². The summed E-state index contributed by atoms with van der Waals surface area (Å²) in [5.74, 6) is 3.63. The summed E-state index contributed by atoms with van der Waals surface area (Å²) < 4.78 is 22.8. The quantitative estimate of drug-likeness (QED) is 0.217. The molecule has 3 aliphatic rings. The highest BCUT2D eigenvalue weighted by molar-refractivity contribution is 6.11. The van der Waals surface area contributed by atoms with Crippen LogP contribution in [0, 0.1) is 13.8 Å². The third-order valence-electron chi connectivity index (χ3n) is 9.73. The van der Waals surface area contributed by atoms with E-state index in [0.29, 0.717) is 11.8 Å². The van der Waals surface area contributed by atoms with Gasteiger partial charge in [-0.1, -0.05) is 41.1 Å². The van der Waals surface area contributed by atoms with Gasteiger partial charge in [-0.3, -0.25) is 0 Å². The molecule has 0 N–H and O–H groups in total. The predicted molar refractivity (Wildman–Crippen MR) is 167 cm³/mol. The standard InChI is InChI=1S/C37H24N6O2/c1-21-18-22(2)43-37-32-28(42(21)43)19-24(36-39-38-35(45-36)23-10-4-3-5-11-23)20-30(32)44-29-16-15-26-25-12-6-7-13-27(25)41(34(26)33(29)37)31-14-8-9-17-40(31)37/h3-20H,1-2H3/q+2. The predicted octanol–water partition coefficient (Wildman–Crippen LogP) is 6.51. The van der Waals surface area contributed by atoms with Crippen molar-refractivity contribution in [1.82, 2.24) is 19.4 Å². The number of pyridine rings is 1. The number of rotatable bonds is 2. The summed E-state index contributed by atoms with van der Waals surface area (Å²) in [7, 11) is 0. The molecular weight excluding hydrogens is 560 g/mol. The van der Waals surface area contributed by atoms with E-state index in [1.165, 1.54) is 21.8 Å². The first kappa shape index (κ1) is 23.4. The van der Waals surface area contributed by atoms with Crippen molar-refractivity contribution in [3.8, 4) is 45.9 Å². The summed E-state index contributed by atoms with van der Waals surface area (Å²) in [4.78, 5) is 0. The van der Waals surface area contributed by atoms with Crippen molar-refractivity contribution in [1.29, 1.82) is 0 Å². The number of benzene rings is 4. The molecule has 212 valence electrons. The maximum absolute atomic E-state index is 6.93. The molecule has 0 saturated heterocycles. The van der Waals surface area contributed by atoms with Crippen molar-refractivity contribution in [3.05, 3.63) is 132 Å². The molecular formula is C37H24N6O2+2. The lowest BCUT2D eigenvalue weighted by Crippen LogP contribution is -2.77. The maximum Gasteiger partial charge on any atom is 0.397 e. The minimum Gasteiger partial charge on any atom is -0.456 e. The topological polar surface area (TPSA) is 65.8 Å². The van der Waals surface area contributed by atoms with E-state index in [1.54, 1.807) is 0 Å². The third-order valence-corrected chi connectivity index (χ3v) is 9.73. The molecule has 0 saturated carbocycles. The molecule has 1 spiro atoms. The SMILES string of the molecule is Cc1cc(C)[n+]2n1-c1cc(-c3nnc(-c4ccccc4)o3)cc3c1C21c2c(ccc4c5ccccc5n(c24)-c2cccc[n+]21)O3. The fourth-order valence-corrected chi connectivity index (χ4v) is 8.18. The van der Waals surface area contributed by atoms with Crippen molar-refractivity contribution < 1.29 is 18.4 Å². The minimum absolute atomic E-state index is 0.448. The Balaban J connectivity index is 1.29. The first-order valence-corrected chi connectivity index (χ1v) is 15.1. The molecule has 45 heavy (non-hydrogen) atoms. The largest absolute Gasteiger partial charge is 0.456 e. The van der Waals surface area contributed by atoms with Crippen molar-refractivity contribution in [2.75, 3.05) is 0 Å². The molecule has 0 bridgehead atoms. The lowest BCUT2D eigenvalue weighted by molar-refractivity contribution is -0.995. The average Bonchev–Trinajstić information content (AvgIpc) is 3.83. The van der Waals surface area contributed by atoms with Crippen LogP contribution in [0.2, 0.25) is 0 Å². The summed E-state index contributed by atoms with van der Waals surface area (Å²) >= 11 is 0. The minimum atomic E-state index is -0.723. The van der Waals surface area contributed by atoms with Crippen LogP contribution in [0.25, 0.3) is 56.2 Å². The number of aromatic nitrogens is 6. The fourth-order valence-electron chi connectivity index (χ4n) is 8.18. The van der Waals surface area contributed by atoms with Crippen LogP contribution in [0.3, 0.4) is 0 Å². The highest BCUT2D eigenvalue weighted by Gasteiger charge is 2.69. The molecule has 0 fully saturated rings. The van der Waals surface area contributed by atoms with Gasteiger partial charge in [-0.15, -0.1) is 14.9 Å². The van der Waals surface area contributed by atoms with E-state index in [1.807, 2.05) is 30.3 Å². The zero-order chi connectivity index (χ0) is 29.6. The van der Waals surface area contributed by atoms with E-state index >= 15 is 0 Å². The van der Waals surface area contributed by atoms with Gasteiger partial charge in [0.05, 0.1) is 11.9 Å². The monoisotopic (exact) mass is 584 g/mol. The molecule has 8 nitrogen and oxygen atoms in total. The van der Waals surface area contributed by atoms with Crippen LogP contribution in [0.1, 0.15) is 22.5 Å². The van der Waals surface area contributed by atoms with Crippen LogP contribution in [0.15, 0.2) is 114 Å². The van der Waals surface area contributed by atoms with Gasteiger partial charge < -0.3 is 9.15 Å². The molecule has 1 unspecified atom stereocenters. The zero-order valence-corrected chi connectivity index (χ0v) is 24.4. The maximum atomic E-state index is 6.93. The Morgan fingerprint density at radius 3 is 2.40 bits per heavy atom. The summed E-state index contributed by atoms with van der Waals surface area (Å²) in [5, 5.41) is 11.3. The van der Waals surface area contributed by atoms with Gasteiger partial charge in [0.1, 0.15) is 28.3 Å². The molecule has 0 radical (unpaired) electrons. The summed E-state index contributed by atoms with van der Waals surface area (Å²) in [6.45, 7) is 4.35. The van der Waals surface area contributed by atoms with E-state index in [4.69, 9.17) is 9.15 Å². The van der Waals surface area contributed by atoms with Crippen LogP contribution < -0.4 is 14.0 Å². The van der Waals surface area contributed by atoms with Gasteiger partial charge in [-0.2, -0.15) is 9.13 Å². The molecule has 3 aliphatic heterocycles. The Morgan fingerprint density at radius 2 is 1.51 bits per heavy atom. The fraction of sp³-hybridized carbons (Fsp3) is 0.0811. The second-order valence-electron chi connectivity index (χ2n) is 12.1. The van der Waals surface area contributed by atoms with E-state index in [-0.39, 0.29) is 0 Å². The van der Waals surface area contributed by atoms with Crippen LogP contribution in [-0.4, -0.2) is 19.4 Å². The van der Waals surface area contributed by atoms with Gasteiger partial charge in [0.2, 0.25) is 17.5 Å². The number of hydrogen-bond acceptors (Lipinski definition) is 4. The number of ether oxygens (including phenoxy) is 1. The Morgan fingerprint density at radius 1 is 0.711 bits per heavy atom. The molecule has 8 aromatic rings. The normalized spacial score (nSPS) is 16.5. The molecule has 11 rings (SSSR count). The van der Waals surface area contributed by atoms with Crippen molar-refractivity contribution in [3.63, 3.8) is 0 Å². The van der Waals surface area contributed by atoms with Gasteiger partial charge >= 0.3 is 5.66 Å². The molecule has 0 aliphatic carbocycles. The lowest BCUT2D eigenvalue weighted by Gasteiger charge is -2.33. The van der Waals surface area contributed by atoms with E-state index in [2.05, 4.69) is 122 Å². The Kier molecular flexibility index (Phi) is 4.03.